The van der Waals surface area contributed by atoms with Crippen molar-refractivity contribution in [2.45, 2.75) is 83.8 Å². The molecule has 4 nitrogen and oxygen atoms in total. The Hall–Kier alpha value is -0.770. The molecular formula is C18H35N3O. The van der Waals surface area contributed by atoms with Gasteiger partial charge in [0.2, 0.25) is 0 Å². The van der Waals surface area contributed by atoms with Crippen molar-refractivity contribution < 1.29 is 4.74 Å². The second kappa shape index (κ2) is 10.1. The van der Waals surface area contributed by atoms with E-state index in [0.29, 0.717) is 12.1 Å². The molecule has 0 aromatic rings. The van der Waals surface area contributed by atoms with E-state index in [0.717, 1.165) is 38.0 Å². The van der Waals surface area contributed by atoms with Gasteiger partial charge in [-0.25, -0.2) is 0 Å². The maximum Gasteiger partial charge on any atom is 0.191 e. The van der Waals surface area contributed by atoms with E-state index in [-0.39, 0.29) is 0 Å². The third-order valence-electron chi connectivity index (χ3n) is 4.75. The molecule has 0 saturated heterocycles. The Morgan fingerprint density at radius 2 is 1.91 bits per heavy atom. The van der Waals surface area contributed by atoms with E-state index in [1.807, 2.05) is 0 Å². The van der Waals surface area contributed by atoms with Gasteiger partial charge in [0, 0.05) is 25.7 Å². The zero-order chi connectivity index (χ0) is 15.6. The number of rotatable bonds is 9. The van der Waals surface area contributed by atoms with Gasteiger partial charge in [-0.1, -0.05) is 26.2 Å². The average molecular weight is 309 g/mol. The minimum Gasteiger partial charge on any atom is -0.378 e. The molecule has 0 radical (unpaired) electrons. The molecule has 0 aromatic carbocycles. The summed E-state index contributed by atoms with van der Waals surface area (Å²) in [5.74, 6) is 1.80. The first-order valence-corrected chi connectivity index (χ1v) is 9.46. The van der Waals surface area contributed by atoms with E-state index in [1.165, 1.54) is 51.4 Å². The van der Waals surface area contributed by atoms with Gasteiger partial charge in [0.25, 0.3) is 0 Å². The van der Waals surface area contributed by atoms with Gasteiger partial charge in [0.15, 0.2) is 5.96 Å². The van der Waals surface area contributed by atoms with Crippen LogP contribution in [0.1, 0.15) is 71.6 Å². The highest BCUT2D eigenvalue weighted by atomic mass is 16.5. The lowest BCUT2D eigenvalue weighted by molar-refractivity contribution is 0.0264. The van der Waals surface area contributed by atoms with Crippen molar-refractivity contribution in [2.75, 3.05) is 19.7 Å². The molecule has 0 bridgehead atoms. The van der Waals surface area contributed by atoms with Gasteiger partial charge in [-0.3, -0.25) is 4.99 Å². The highest BCUT2D eigenvalue weighted by molar-refractivity contribution is 5.80. The number of hydrogen-bond donors (Lipinski definition) is 2. The third kappa shape index (κ3) is 6.99. The Kier molecular flexibility index (Phi) is 8.06. The van der Waals surface area contributed by atoms with Crippen LogP contribution < -0.4 is 10.6 Å². The van der Waals surface area contributed by atoms with Gasteiger partial charge in [-0.2, -0.15) is 0 Å². The summed E-state index contributed by atoms with van der Waals surface area (Å²) in [5, 5.41) is 6.83. The normalized spacial score (nSPS) is 26.0. The maximum absolute atomic E-state index is 5.96. The molecule has 2 rings (SSSR count). The van der Waals surface area contributed by atoms with Crippen LogP contribution >= 0.6 is 0 Å². The minimum absolute atomic E-state index is 0.553. The highest BCUT2D eigenvalue weighted by Gasteiger charge is 2.33. The molecule has 128 valence electrons. The SMILES string of the molecule is CCNC(=NCCCCCOC1CCCCC1)NC1CC1C. The van der Waals surface area contributed by atoms with E-state index in [2.05, 4.69) is 29.5 Å². The van der Waals surface area contributed by atoms with Gasteiger partial charge in [-0.05, 0) is 51.4 Å². The lowest BCUT2D eigenvalue weighted by atomic mass is 9.98. The van der Waals surface area contributed by atoms with Crippen molar-refractivity contribution in [3.63, 3.8) is 0 Å². The molecule has 2 aliphatic rings. The molecule has 0 amide bonds. The van der Waals surface area contributed by atoms with Crippen LogP contribution in [0.3, 0.4) is 0 Å². The van der Waals surface area contributed by atoms with Crippen molar-refractivity contribution in [3.8, 4) is 0 Å². The average Bonchev–Trinajstić information content (AvgIpc) is 3.22. The summed E-state index contributed by atoms with van der Waals surface area (Å²) in [6.45, 7) is 7.19. The molecule has 2 N–H and O–H groups in total. The smallest absolute Gasteiger partial charge is 0.191 e. The Morgan fingerprint density at radius 3 is 2.59 bits per heavy atom. The summed E-state index contributed by atoms with van der Waals surface area (Å²) in [5.41, 5.74) is 0. The van der Waals surface area contributed by atoms with Crippen molar-refractivity contribution in [1.29, 1.82) is 0 Å². The Labute approximate surface area is 136 Å². The van der Waals surface area contributed by atoms with E-state index >= 15 is 0 Å². The van der Waals surface area contributed by atoms with E-state index in [4.69, 9.17) is 4.74 Å². The van der Waals surface area contributed by atoms with Crippen LogP contribution in [0.5, 0.6) is 0 Å². The molecule has 22 heavy (non-hydrogen) atoms. The first-order chi connectivity index (χ1) is 10.8. The van der Waals surface area contributed by atoms with Gasteiger partial charge < -0.3 is 15.4 Å². The molecule has 2 unspecified atom stereocenters. The number of nitrogens with one attached hydrogen (secondary N) is 2. The van der Waals surface area contributed by atoms with Crippen LogP contribution in [0.2, 0.25) is 0 Å². The summed E-state index contributed by atoms with van der Waals surface area (Å²) < 4.78 is 5.96. The number of nitrogens with zero attached hydrogens (tertiary/aromatic N) is 1. The second-order valence-electron chi connectivity index (χ2n) is 6.92. The molecular weight excluding hydrogens is 274 g/mol. The molecule has 0 spiro atoms. The fraction of sp³-hybridized carbons (Fsp3) is 0.944. The fourth-order valence-corrected chi connectivity index (χ4v) is 3.08. The largest absolute Gasteiger partial charge is 0.378 e. The van der Waals surface area contributed by atoms with Crippen molar-refractivity contribution in [1.82, 2.24) is 10.6 Å². The van der Waals surface area contributed by atoms with Crippen LogP contribution in [0.25, 0.3) is 0 Å². The second-order valence-corrected chi connectivity index (χ2v) is 6.92. The van der Waals surface area contributed by atoms with Crippen molar-refractivity contribution in [2.24, 2.45) is 10.9 Å². The topological polar surface area (TPSA) is 45.7 Å². The Bertz CT molecular complexity index is 326. The lowest BCUT2D eigenvalue weighted by Gasteiger charge is -2.21. The van der Waals surface area contributed by atoms with E-state index in [9.17, 15) is 0 Å². The third-order valence-corrected chi connectivity index (χ3v) is 4.75. The van der Waals surface area contributed by atoms with Crippen LogP contribution in [-0.2, 0) is 4.74 Å². The molecule has 0 heterocycles. The predicted molar refractivity (Wildman–Crippen MR) is 93.4 cm³/mol. The van der Waals surface area contributed by atoms with Gasteiger partial charge in [-0.15, -0.1) is 0 Å². The standard InChI is InChI=1S/C18H35N3O/c1-3-19-18(21-17-14-15(17)2)20-12-8-5-9-13-22-16-10-6-4-7-11-16/h15-17H,3-14H2,1-2H3,(H2,19,20,21). The zero-order valence-corrected chi connectivity index (χ0v) is 14.6. The number of unbranched alkanes of at least 4 members (excludes halogenated alkanes) is 2. The van der Waals surface area contributed by atoms with Crippen LogP contribution in [0.15, 0.2) is 4.99 Å². The fourth-order valence-electron chi connectivity index (χ4n) is 3.08. The number of ether oxygens (including phenoxy) is 1. The molecule has 4 heteroatoms. The summed E-state index contributed by atoms with van der Waals surface area (Å²) in [4.78, 5) is 4.67. The molecule has 0 aromatic heterocycles. The maximum atomic E-state index is 5.96. The van der Waals surface area contributed by atoms with Crippen LogP contribution in [-0.4, -0.2) is 37.8 Å². The number of guanidine groups is 1. The quantitative estimate of drug-likeness (QED) is 0.389. The minimum atomic E-state index is 0.553. The van der Waals surface area contributed by atoms with Crippen molar-refractivity contribution >= 4 is 5.96 Å². The molecule has 2 atom stereocenters. The summed E-state index contributed by atoms with van der Waals surface area (Å²) in [7, 11) is 0. The zero-order valence-electron chi connectivity index (χ0n) is 14.6. The van der Waals surface area contributed by atoms with Crippen molar-refractivity contribution in [3.05, 3.63) is 0 Å². The molecule has 2 saturated carbocycles. The molecule has 0 aliphatic heterocycles. The molecule has 2 aliphatic carbocycles. The summed E-state index contributed by atoms with van der Waals surface area (Å²) >= 11 is 0. The Morgan fingerprint density at radius 1 is 1.14 bits per heavy atom. The monoisotopic (exact) mass is 309 g/mol. The summed E-state index contributed by atoms with van der Waals surface area (Å²) in [6.07, 6.45) is 12.1. The number of aliphatic imine (C=N–C) groups is 1. The number of hydrogen-bond acceptors (Lipinski definition) is 2. The van der Waals surface area contributed by atoms with Gasteiger partial charge >= 0.3 is 0 Å². The first kappa shape index (κ1) is 17.6. The first-order valence-electron chi connectivity index (χ1n) is 9.46. The van der Waals surface area contributed by atoms with Gasteiger partial charge in [0.1, 0.15) is 0 Å². The lowest BCUT2D eigenvalue weighted by Crippen LogP contribution is -2.39. The summed E-state index contributed by atoms with van der Waals surface area (Å²) in [6, 6.07) is 0.640. The van der Waals surface area contributed by atoms with Crippen LogP contribution in [0, 0.1) is 5.92 Å². The van der Waals surface area contributed by atoms with E-state index < -0.39 is 0 Å². The molecule has 2 fully saturated rings. The van der Waals surface area contributed by atoms with Crippen LogP contribution in [0.4, 0.5) is 0 Å². The van der Waals surface area contributed by atoms with E-state index in [1.54, 1.807) is 0 Å². The highest BCUT2D eigenvalue weighted by Crippen LogP contribution is 2.28. The van der Waals surface area contributed by atoms with Gasteiger partial charge in [0.05, 0.1) is 6.10 Å². The predicted octanol–water partition coefficient (Wildman–Crippen LogP) is 3.47. The Balaban J connectivity index is 1.48.